The largest absolute Gasteiger partial charge is 0.497 e. The van der Waals surface area contributed by atoms with E-state index in [0.717, 1.165) is 45.8 Å². The van der Waals surface area contributed by atoms with Gasteiger partial charge < -0.3 is 19.3 Å². The highest BCUT2D eigenvalue weighted by Crippen LogP contribution is 2.24. The van der Waals surface area contributed by atoms with Crippen molar-refractivity contribution in [2.24, 2.45) is 0 Å². The predicted octanol–water partition coefficient (Wildman–Crippen LogP) is 6.45. The molecular weight excluding hydrogens is 500 g/mol. The van der Waals surface area contributed by atoms with E-state index in [2.05, 4.69) is 43.3 Å². The molecule has 0 radical (unpaired) electrons. The van der Waals surface area contributed by atoms with Crippen molar-refractivity contribution in [2.75, 3.05) is 28.3 Å². The molecule has 40 heavy (non-hydrogen) atoms. The number of hydrogen-bond donors (Lipinski definition) is 0. The van der Waals surface area contributed by atoms with Gasteiger partial charge in [-0.1, -0.05) is 48.5 Å². The number of hydrogen-bond acceptors (Lipinski definition) is 5. The van der Waals surface area contributed by atoms with Crippen LogP contribution in [0.1, 0.15) is 16.7 Å². The molecule has 0 spiro atoms. The number of fused-ring (bicyclic) bond motifs is 1. The predicted molar refractivity (Wildman–Crippen MR) is 159 cm³/mol. The summed E-state index contributed by atoms with van der Waals surface area (Å²) in [6, 6.07) is 29.8. The Bertz CT molecular complexity index is 1520. The van der Waals surface area contributed by atoms with Crippen LogP contribution in [0.5, 0.6) is 11.5 Å². The summed E-state index contributed by atoms with van der Waals surface area (Å²) in [5, 5.41) is 0.912. The van der Waals surface area contributed by atoms with Gasteiger partial charge in [0.1, 0.15) is 17.1 Å². The quantitative estimate of drug-likeness (QED) is 0.217. The van der Waals surface area contributed by atoms with Crippen LogP contribution in [-0.4, -0.2) is 53.7 Å². The van der Waals surface area contributed by atoms with Crippen LogP contribution in [0.25, 0.3) is 22.3 Å². The van der Waals surface area contributed by atoms with Gasteiger partial charge in [0, 0.05) is 36.8 Å². The molecule has 3 aromatic carbocycles. The SMILES string of the molecule is COc1ccc(CN(Cc2ccc(OC)cc2)C(=O)n2ccc3ccc(-c4ccc(CN(C)C)cc4)nc32)cc1. The Hall–Kier alpha value is -4.62. The fourth-order valence-electron chi connectivity index (χ4n) is 4.72. The van der Waals surface area contributed by atoms with E-state index in [9.17, 15) is 4.79 Å². The van der Waals surface area contributed by atoms with E-state index in [1.807, 2.05) is 71.6 Å². The minimum Gasteiger partial charge on any atom is -0.497 e. The zero-order valence-corrected chi connectivity index (χ0v) is 23.4. The molecule has 5 rings (SSSR count). The number of amides is 1. The van der Waals surface area contributed by atoms with Gasteiger partial charge in [-0.15, -0.1) is 0 Å². The number of benzene rings is 3. The van der Waals surface area contributed by atoms with E-state index in [0.29, 0.717) is 18.7 Å². The fraction of sp³-hybridized carbons (Fsp3) is 0.212. The van der Waals surface area contributed by atoms with Gasteiger partial charge in [0.15, 0.2) is 0 Å². The number of rotatable bonds is 9. The molecule has 204 valence electrons. The van der Waals surface area contributed by atoms with Crippen molar-refractivity contribution >= 4 is 17.1 Å². The standard InChI is InChI=1S/C33H34N4O3/c1-35(2)21-24-5-11-27(12-6-24)31-18-13-28-19-20-37(32(28)34-31)33(38)36(22-25-7-14-29(39-3)15-8-25)23-26-9-16-30(40-4)17-10-26/h5-20H,21-23H2,1-4H3. The second-order valence-electron chi connectivity index (χ2n) is 10.1. The van der Waals surface area contributed by atoms with Crippen molar-refractivity contribution in [3.8, 4) is 22.8 Å². The Kier molecular flexibility index (Phi) is 8.12. The van der Waals surface area contributed by atoms with Gasteiger partial charge in [0.25, 0.3) is 0 Å². The molecule has 2 aromatic heterocycles. The molecule has 0 saturated heterocycles. The summed E-state index contributed by atoms with van der Waals surface area (Å²) in [7, 11) is 7.40. The number of aromatic nitrogens is 2. The summed E-state index contributed by atoms with van der Waals surface area (Å²) < 4.78 is 12.3. The highest BCUT2D eigenvalue weighted by Gasteiger charge is 2.20. The van der Waals surface area contributed by atoms with Crippen LogP contribution in [0.2, 0.25) is 0 Å². The van der Waals surface area contributed by atoms with Crippen LogP contribution in [0.3, 0.4) is 0 Å². The first-order valence-electron chi connectivity index (χ1n) is 13.2. The molecule has 7 nitrogen and oxygen atoms in total. The molecule has 0 N–H and O–H groups in total. The zero-order chi connectivity index (χ0) is 28.1. The summed E-state index contributed by atoms with van der Waals surface area (Å²) in [5.74, 6) is 1.55. The molecule has 0 aliphatic rings. The molecule has 0 saturated carbocycles. The maximum Gasteiger partial charge on any atom is 0.330 e. The van der Waals surface area contributed by atoms with E-state index in [1.54, 1.807) is 25.0 Å². The molecule has 0 atom stereocenters. The van der Waals surface area contributed by atoms with E-state index in [4.69, 9.17) is 14.5 Å². The van der Waals surface area contributed by atoms with Crippen molar-refractivity contribution < 1.29 is 14.3 Å². The van der Waals surface area contributed by atoms with Crippen molar-refractivity contribution in [3.05, 3.63) is 114 Å². The van der Waals surface area contributed by atoms with Crippen molar-refractivity contribution in [1.82, 2.24) is 19.4 Å². The number of ether oxygens (including phenoxy) is 2. The molecule has 0 unspecified atom stereocenters. The molecule has 0 aliphatic carbocycles. The Labute approximate surface area is 235 Å². The summed E-state index contributed by atoms with van der Waals surface area (Å²) >= 11 is 0. The van der Waals surface area contributed by atoms with E-state index >= 15 is 0 Å². The van der Waals surface area contributed by atoms with Crippen LogP contribution in [0, 0.1) is 0 Å². The summed E-state index contributed by atoms with van der Waals surface area (Å²) in [6.07, 6.45) is 1.80. The van der Waals surface area contributed by atoms with Gasteiger partial charge >= 0.3 is 6.03 Å². The van der Waals surface area contributed by atoms with E-state index in [1.165, 1.54) is 5.56 Å². The summed E-state index contributed by atoms with van der Waals surface area (Å²) in [5.41, 5.74) is 5.72. The molecule has 0 fully saturated rings. The van der Waals surface area contributed by atoms with Gasteiger partial charge in [-0.25, -0.2) is 9.78 Å². The Morgan fingerprint density at radius 3 is 1.75 bits per heavy atom. The average molecular weight is 535 g/mol. The van der Waals surface area contributed by atoms with Gasteiger partial charge in [0.05, 0.1) is 19.9 Å². The average Bonchev–Trinajstić information content (AvgIpc) is 3.40. The Balaban J connectivity index is 1.46. The number of pyridine rings is 1. The number of carbonyl (C=O) groups is 1. The first-order chi connectivity index (χ1) is 19.4. The van der Waals surface area contributed by atoms with Crippen LogP contribution in [0.4, 0.5) is 4.79 Å². The minimum atomic E-state index is -0.146. The maximum atomic E-state index is 14.1. The summed E-state index contributed by atoms with van der Waals surface area (Å²) in [4.78, 5) is 23.0. The first kappa shape index (κ1) is 27.0. The molecule has 0 aliphatic heterocycles. The highest BCUT2D eigenvalue weighted by molar-refractivity contribution is 5.90. The van der Waals surface area contributed by atoms with Crippen LogP contribution in [0.15, 0.2) is 97.2 Å². The molecule has 7 heteroatoms. The van der Waals surface area contributed by atoms with E-state index < -0.39 is 0 Å². The van der Waals surface area contributed by atoms with Gasteiger partial charge in [-0.3, -0.25) is 4.57 Å². The summed E-state index contributed by atoms with van der Waals surface area (Å²) in [6.45, 7) is 1.74. The number of methoxy groups -OCH3 is 2. The third-order valence-electron chi connectivity index (χ3n) is 6.83. The van der Waals surface area contributed by atoms with Crippen LogP contribution < -0.4 is 9.47 Å². The zero-order valence-electron chi connectivity index (χ0n) is 23.4. The lowest BCUT2D eigenvalue weighted by atomic mass is 10.1. The lowest BCUT2D eigenvalue weighted by Gasteiger charge is -2.24. The molecule has 2 heterocycles. The molecular formula is C33H34N4O3. The number of nitrogens with zero attached hydrogens (tertiary/aromatic N) is 4. The van der Waals surface area contributed by atoms with Crippen LogP contribution in [-0.2, 0) is 19.6 Å². The van der Waals surface area contributed by atoms with Crippen molar-refractivity contribution in [3.63, 3.8) is 0 Å². The fourth-order valence-corrected chi connectivity index (χ4v) is 4.72. The number of carbonyl (C=O) groups excluding carboxylic acids is 1. The maximum absolute atomic E-state index is 14.1. The normalized spacial score (nSPS) is 11.1. The highest BCUT2D eigenvalue weighted by atomic mass is 16.5. The second kappa shape index (κ2) is 12.1. The first-order valence-corrected chi connectivity index (χ1v) is 13.2. The Morgan fingerprint density at radius 2 is 1.23 bits per heavy atom. The van der Waals surface area contributed by atoms with E-state index in [-0.39, 0.29) is 6.03 Å². The lowest BCUT2D eigenvalue weighted by Crippen LogP contribution is -2.33. The smallest absolute Gasteiger partial charge is 0.330 e. The third kappa shape index (κ3) is 6.16. The third-order valence-corrected chi connectivity index (χ3v) is 6.83. The van der Waals surface area contributed by atoms with Crippen molar-refractivity contribution in [1.29, 1.82) is 0 Å². The monoisotopic (exact) mass is 534 g/mol. The molecule has 1 amide bonds. The topological polar surface area (TPSA) is 59.8 Å². The minimum absolute atomic E-state index is 0.146. The second-order valence-corrected chi connectivity index (χ2v) is 10.1. The molecule has 0 bridgehead atoms. The van der Waals surface area contributed by atoms with Crippen molar-refractivity contribution in [2.45, 2.75) is 19.6 Å². The van der Waals surface area contributed by atoms with Gasteiger partial charge in [-0.2, -0.15) is 0 Å². The lowest BCUT2D eigenvalue weighted by molar-refractivity contribution is 0.195. The van der Waals surface area contributed by atoms with Gasteiger partial charge in [0.2, 0.25) is 0 Å². The van der Waals surface area contributed by atoms with Gasteiger partial charge in [-0.05, 0) is 73.3 Å². The molecule has 5 aromatic rings. The Morgan fingerprint density at radius 1 is 0.700 bits per heavy atom. The van der Waals surface area contributed by atoms with Crippen LogP contribution >= 0.6 is 0 Å².